The van der Waals surface area contributed by atoms with Gasteiger partial charge in [-0.2, -0.15) is 0 Å². The molecule has 0 saturated carbocycles. The number of hydrogen-bond donors (Lipinski definition) is 1. The number of benzene rings is 2. The summed E-state index contributed by atoms with van der Waals surface area (Å²) in [5, 5.41) is 3.61. The molecule has 4 aromatic rings. The minimum Gasteiger partial charge on any atom is -0.497 e. The minimum absolute atomic E-state index is 0.0387. The van der Waals surface area contributed by atoms with Crippen LogP contribution < -0.4 is 25.0 Å². The first-order valence-electron chi connectivity index (χ1n) is 12.6. The molecule has 0 radical (unpaired) electrons. The summed E-state index contributed by atoms with van der Waals surface area (Å²) < 4.78 is 27.3. The number of methoxy groups -OCH3 is 1. The Bertz CT molecular complexity index is 1570. The van der Waals surface area contributed by atoms with E-state index in [0.29, 0.717) is 33.2 Å². The van der Waals surface area contributed by atoms with Crippen molar-refractivity contribution in [3.63, 3.8) is 0 Å². The van der Waals surface area contributed by atoms with E-state index in [4.69, 9.17) is 23.4 Å². The largest absolute Gasteiger partial charge is 0.497 e. The number of fused-ring (bicyclic) bond motifs is 2. The van der Waals surface area contributed by atoms with Crippen LogP contribution >= 0.6 is 11.3 Å². The van der Waals surface area contributed by atoms with Crippen LogP contribution in [0.2, 0.25) is 0 Å². The maximum absolute atomic E-state index is 12.9. The maximum atomic E-state index is 12.9. The van der Waals surface area contributed by atoms with Crippen LogP contribution in [-0.2, 0) is 22.4 Å². The molecule has 202 valence electrons. The third-order valence-corrected chi connectivity index (χ3v) is 7.48. The van der Waals surface area contributed by atoms with Crippen LogP contribution in [0.1, 0.15) is 40.6 Å². The van der Waals surface area contributed by atoms with Crippen molar-refractivity contribution in [1.82, 2.24) is 0 Å². The van der Waals surface area contributed by atoms with Crippen LogP contribution in [0.25, 0.3) is 11.0 Å². The smallest absolute Gasteiger partial charge is 0.341 e. The highest BCUT2D eigenvalue weighted by Gasteiger charge is 2.27. The molecule has 1 amide bonds. The summed E-state index contributed by atoms with van der Waals surface area (Å²) in [7, 11) is 1.57. The summed E-state index contributed by atoms with van der Waals surface area (Å²) in [6.45, 7) is 1.72. The van der Waals surface area contributed by atoms with Crippen molar-refractivity contribution >= 4 is 39.2 Å². The van der Waals surface area contributed by atoms with Crippen molar-refractivity contribution in [3.05, 3.63) is 75.0 Å². The topological polar surface area (TPSA) is 113 Å². The summed E-state index contributed by atoms with van der Waals surface area (Å²) >= 11 is 1.42. The number of amides is 1. The minimum atomic E-state index is -0.423. The molecule has 1 N–H and O–H groups in total. The molecule has 0 atom stereocenters. The van der Waals surface area contributed by atoms with E-state index in [0.717, 1.165) is 36.1 Å². The molecule has 2 heterocycles. The fourth-order valence-corrected chi connectivity index (χ4v) is 5.70. The molecular weight excluding hydrogens is 522 g/mol. The van der Waals surface area contributed by atoms with E-state index >= 15 is 0 Å². The Kier molecular flexibility index (Phi) is 7.83. The highest BCUT2D eigenvalue weighted by atomic mass is 32.1. The number of ether oxygens (including phenoxy) is 4. The molecular formula is C29H27NO8S. The van der Waals surface area contributed by atoms with E-state index < -0.39 is 11.9 Å². The average molecular weight is 550 g/mol. The van der Waals surface area contributed by atoms with Crippen molar-refractivity contribution in [1.29, 1.82) is 0 Å². The van der Waals surface area contributed by atoms with Gasteiger partial charge in [-0.1, -0.05) is 0 Å². The van der Waals surface area contributed by atoms with Gasteiger partial charge in [0.1, 0.15) is 34.1 Å². The van der Waals surface area contributed by atoms with Crippen molar-refractivity contribution in [2.75, 3.05) is 25.6 Å². The third-order valence-electron chi connectivity index (χ3n) is 6.28. The van der Waals surface area contributed by atoms with E-state index in [1.54, 1.807) is 50.4 Å². The summed E-state index contributed by atoms with van der Waals surface area (Å²) in [4.78, 5) is 39.4. The monoisotopic (exact) mass is 549 g/mol. The molecule has 9 nitrogen and oxygen atoms in total. The summed E-state index contributed by atoms with van der Waals surface area (Å²) in [6.07, 6.45) is 4.97. The van der Waals surface area contributed by atoms with E-state index in [9.17, 15) is 14.4 Å². The van der Waals surface area contributed by atoms with E-state index in [1.807, 2.05) is 0 Å². The molecule has 1 aliphatic carbocycles. The zero-order chi connectivity index (χ0) is 27.4. The number of esters is 1. The molecule has 0 spiro atoms. The zero-order valence-corrected chi connectivity index (χ0v) is 22.4. The number of aryl methyl sites for hydroxylation is 1. The highest BCUT2D eigenvalue weighted by molar-refractivity contribution is 7.17. The Morgan fingerprint density at radius 3 is 2.54 bits per heavy atom. The summed E-state index contributed by atoms with van der Waals surface area (Å²) in [5.74, 6) is 0.684. The number of rotatable bonds is 9. The van der Waals surface area contributed by atoms with Crippen LogP contribution in [0.15, 0.2) is 57.9 Å². The van der Waals surface area contributed by atoms with Crippen molar-refractivity contribution in [2.24, 2.45) is 0 Å². The maximum Gasteiger partial charge on any atom is 0.341 e. The van der Waals surface area contributed by atoms with Crippen LogP contribution in [0, 0.1) is 0 Å². The molecule has 2 aromatic carbocycles. The summed E-state index contributed by atoms with van der Waals surface area (Å²) in [6, 6.07) is 11.5. The number of anilines is 1. The number of nitrogens with one attached hydrogen (secondary N) is 1. The predicted octanol–water partition coefficient (Wildman–Crippen LogP) is 5.73. The van der Waals surface area contributed by atoms with Gasteiger partial charge in [0, 0.05) is 10.9 Å². The molecule has 0 aliphatic heterocycles. The van der Waals surface area contributed by atoms with Gasteiger partial charge in [0.25, 0.3) is 5.91 Å². The Labute approximate surface area is 228 Å². The molecule has 0 unspecified atom stereocenters. The zero-order valence-electron chi connectivity index (χ0n) is 21.5. The van der Waals surface area contributed by atoms with E-state index in [2.05, 4.69) is 5.32 Å². The third kappa shape index (κ3) is 5.75. The normalized spacial score (nSPS) is 12.5. The summed E-state index contributed by atoms with van der Waals surface area (Å²) in [5.41, 5.74) is 1.37. The lowest BCUT2D eigenvalue weighted by Gasteiger charge is -2.12. The first-order chi connectivity index (χ1) is 19.0. The highest BCUT2D eigenvalue weighted by Crippen LogP contribution is 2.38. The Balaban J connectivity index is 1.26. The van der Waals surface area contributed by atoms with Crippen LogP contribution in [0.4, 0.5) is 5.00 Å². The van der Waals surface area contributed by atoms with Gasteiger partial charge in [0.05, 0.1) is 24.7 Å². The fourth-order valence-electron chi connectivity index (χ4n) is 4.41. The second-order valence-corrected chi connectivity index (χ2v) is 9.94. The number of thiophene rings is 1. The number of carbonyl (C=O) groups is 2. The average Bonchev–Trinajstić information content (AvgIpc) is 3.31. The lowest BCUT2D eigenvalue weighted by molar-refractivity contribution is -0.118. The Morgan fingerprint density at radius 2 is 1.77 bits per heavy atom. The lowest BCUT2D eigenvalue weighted by Crippen LogP contribution is -2.21. The Hall–Kier alpha value is -4.31. The van der Waals surface area contributed by atoms with Crippen LogP contribution in [0.5, 0.6) is 23.0 Å². The van der Waals surface area contributed by atoms with Crippen molar-refractivity contribution < 1.29 is 33.0 Å². The molecule has 0 bridgehead atoms. The Morgan fingerprint density at radius 1 is 1.03 bits per heavy atom. The first-order valence-corrected chi connectivity index (χ1v) is 13.4. The molecule has 0 fully saturated rings. The molecule has 0 saturated heterocycles. The van der Waals surface area contributed by atoms with Crippen molar-refractivity contribution in [2.45, 2.75) is 32.6 Å². The van der Waals surface area contributed by atoms with Gasteiger partial charge < -0.3 is 28.7 Å². The predicted molar refractivity (Wildman–Crippen MR) is 147 cm³/mol. The van der Waals surface area contributed by atoms with Gasteiger partial charge in [-0.15, -0.1) is 11.3 Å². The molecule has 39 heavy (non-hydrogen) atoms. The lowest BCUT2D eigenvalue weighted by atomic mass is 9.95. The second-order valence-electron chi connectivity index (χ2n) is 8.84. The van der Waals surface area contributed by atoms with Crippen LogP contribution in [-0.4, -0.2) is 32.2 Å². The molecule has 10 heteroatoms. The fraction of sp³-hybridized carbons (Fsp3) is 0.276. The van der Waals surface area contributed by atoms with E-state index in [-0.39, 0.29) is 30.0 Å². The second kappa shape index (κ2) is 11.6. The molecule has 2 aromatic heterocycles. The quantitative estimate of drug-likeness (QED) is 0.264. The van der Waals surface area contributed by atoms with Crippen LogP contribution in [0.3, 0.4) is 0 Å². The molecule has 1 aliphatic rings. The van der Waals surface area contributed by atoms with Gasteiger partial charge in [-0.05, 0) is 74.6 Å². The molecule has 5 rings (SSSR count). The van der Waals surface area contributed by atoms with E-state index in [1.165, 1.54) is 23.7 Å². The standard InChI is InChI=1S/C29H27NO8S/c1-3-35-29(33)26-21-6-4-5-7-24(21)39-28(26)30-25(31)16-36-19-12-13-20-22(14-19)37-15-23(27(20)32)38-18-10-8-17(34-2)9-11-18/h8-15H,3-7,16H2,1-2H3,(H,30,31). The first kappa shape index (κ1) is 26.3. The van der Waals surface area contributed by atoms with Gasteiger partial charge in [-0.25, -0.2) is 4.79 Å². The SMILES string of the molecule is CCOC(=O)c1c(NC(=O)COc2ccc3c(=O)c(Oc4ccc(OC)cc4)coc3c2)sc2c1CCCC2. The van der Waals surface area contributed by atoms with Gasteiger partial charge >= 0.3 is 5.97 Å². The number of carbonyl (C=O) groups excluding carboxylic acids is 2. The van der Waals surface area contributed by atoms with Gasteiger partial charge in [-0.3, -0.25) is 9.59 Å². The number of hydrogen-bond acceptors (Lipinski definition) is 9. The van der Waals surface area contributed by atoms with Gasteiger partial charge in [0.15, 0.2) is 6.61 Å². The van der Waals surface area contributed by atoms with Crippen molar-refractivity contribution in [3.8, 4) is 23.0 Å². The van der Waals surface area contributed by atoms with Gasteiger partial charge in [0.2, 0.25) is 11.2 Å².